The number of thioether (sulfide) groups is 1. The first-order chi connectivity index (χ1) is 14.0. The number of alkyl halides is 3. The van der Waals surface area contributed by atoms with E-state index in [9.17, 15) is 18.0 Å². The van der Waals surface area contributed by atoms with E-state index in [2.05, 4.69) is 9.89 Å². The third kappa shape index (κ3) is 6.67. The van der Waals surface area contributed by atoms with Gasteiger partial charge in [-0.05, 0) is 63.0 Å². The Morgan fingerprint density at radius 1 is 1.13 bits per heavy atom. The molecule has 0 aliphatic heterocycles. The lowest BCUT2D eigenvalue weighted by Crippen LogP contribution is -2.24. The van der Waals surface area contributed by atoms with Gasteiger partial charge in [-0.15, -0.1) is 11.8 Å². The maximum absolute atomic E-state index is 13.5. The zero-order chi connectivity index (χ0) is 22.5. The first-order valence-electron chi connectivity index (χ1n) is 8.88. The predicted octanol–water partition coefficient (Wildman–Crippen LogP) is 3.87. The van der Waals surface area contributed by atoms with E-state index in [1.165, 1.54) is 6.07 Å². The van der Waals surface area contributed by atoms with Crippen molar-refractivity contribution in [1.82, 2.24) is 4.90 Å². The SMILES string of the molecule is Cc1cc(SCCN(C)C)ccc1Oc1ccc(C(=O)N=C(N)N)cc1C(F)(F)F. The van der Waals surface area contributed by atoms with Crippen LogP contribution in [0, 0.1) is 6.92 Å². The largest absolute Gasteiger partial charge is 0.456 e. The van der Waals surface area contributed by atoms with Crippen molar-refractivity contribution < 1.29 is 22.7 Å². The smallest absolute Gasteiger partial charge is 0.420 e. The number of hydrogen-bond acceptors (Lipinski definition) is 4. The van der Waals surface area contributed by atoms with E-state index in [4.69, 9.17) is 16.2 Å². The maximum Gasteiger partial charge on any atom is 0.420 e. The van der Waals surface area contributed by atoms with Gasteiger partial charge in [-0.2, -0.15) is 18.2 Å². The molecule has 10 heteroatoms. The van der Waals surface area contributed by atoms with Crippen molar-refractivity contribution in [2.75, 3.05) is 26.4 Å². The van der Waals surface area contributed by atoms with Gasteiger partial charge in [-0.25, -0.2) is 0 Å². The zero-order valence-electron chi connectivity index (χ0n) is 16.8. The molecule has 0 aromatic heterocycles. The third-order valence-corrected chi connectivity index (χ3v) is 4.91. The first-order valence-corrected chi connectivity index (χ1v) is 9.87. The molecule has 0 aliphatic rings. The lowest BCUT2D eigenvalue weighted by Gasteiger charge is -2.16. The summed E-state index contributed by atoms with van der Waals surface area (Å²) >= 11 is 1.65. The number of aryl methyl sites for hydroxylation is 1. The van der Waals surface area contributed by atoms with Gasteiger partial charge in [0, 0.05) is 22.8 Å². The summed E-state index contributed by atoms with van der Waals surface area (Å²) in [5.74, 6) is -0.744. The molecule has 162 valence electrons. The minimum absolute atomic E-state index is 0.292. The molecule has 4 N–H and O–H groups in total. The van der Waals surface area contributed by atoms with Crippen LogP contribution >= 0.6 is 11.8 Å². The van der Waals surface area contributed by atoms with Gasteiger partial charge in [-0.3, -0.25) is 4.79 Å². The van der Waals surface area contributed by atoms with Gasteiger partial charge in [0.05, 0.1) is 5.56 Å². The summed E-state index contributed by atoms with van der Waals surface area (Å²) in [7, 11) is 3.97. The van der Waals surface area contributed by atoms with Crippen LogP contribution in [0.25, 0.3) is 0 Å². The Balaban J connectivity index is 2.29. The van der Waals surface area contributed by atoms with E-state index in [1.54, 1.807) is 30.8 Å². The number of carbonyl (C=O) groups excluding carboxylic acids is 1. The predicted molar refractivity (Wildman–Crippen MR) is 112 cm³/mol. The number of rotatable bonds is 7. The van der Waals surface area contributed by atoms with Crippen LogP contribution in [-0.2, 0) is 6.18 Å². The van der Waals surface area contributed by atoms with Crippen molar-refractivity contribution in [3.63, 3.8) is 0 Å². The van der Waals surface area contributed by atoms with Crippen LogP contribution in [0.15, 0.2) is 46.3 Å². The summed E-state index contributed by atoms with van der Waals surface area (Å²) in [6.45, 7) is 2.66. The Bertz CT molecular complexity index is 942. The van der Waals surface area contributed by atoms with E-state index in [1.807, 2.05) is 20.2 Å². The van der Waals surface area contributed by atoms with Crippen molar-refractivity contribution >= 4 is 23.6 Å². The molecule has 2 aromatic carbocycles. The Kier molecular flexibility index (Phi) is 7.74. The molecule has 0 bridgehead atoms. The van der Waals surface area contributed by atoms with Gasteiger partial charge in [0.2, 0.25) is 0 Å². The Morgan fingerprint density at radius 2 is 1.80 bits per heavy atom. The molecule has 2 aromatic rings. The highest BCUT2D eigenvalue weighted by Gasteiger charge is 2.35. The molecular formula is C20H23F3N4O2S. The number of nitrogens with zero attached hydrogens (tertiary/aromatic N) is 2. The fourth-order valence-electron chi connectivity index (χ4n) is 2.45. The van der Waals surface area contributed by atoms with Crippen LogP contribution < -0.4 is 16.2 Å². The summed E-state index contributed by atoms with van der Waals surface area (Å²) in [4.78, 5) is 18.2. The summed E-state index contributed by atoms with van der Waals surface area (Å²) < 4.78 is 46.2. The summed E-state index contributed by atoms with van der Waals surface area (Å²) in [5.41, 5.74) is 9.53. The summed E-state index contributed by atoms with van der Waals surface area (Å²) in [6.07, 6.45) is -4.74. The average molecular weight is 440 g/mol. The second-order valence-electron chi connectivity index (χ2n) is 6.73. The molecule has 30 heavy (non-hydrogen) atoms. The van der Waals surface area contributed by atoms with Crippen LogP contribution in [-0.4, -0.2) is 43.2 Å². The van der Waals surface area contributed by atoms with Gasteiger partial charge in [-0.1, -0.05) is 0 Å². The Morgan fingerprint density at radius 3 is 2.37 bits per heavy atom. The van der Waals surface area contributed by atoms with E-state index in [0.717, 1.165) is 23.3 Å². The second-order valence-corrected chi connectivity index (χ2v) is 7.90. The van der Waals surface area contributed by atoms with Gasteiger partial charge < -0.3 is 21.1 Å². The van der Waals surface area contributed by atoms with Gasteiger partial charge in [0.25, 0.3) is 5.91 Å². The topological polar surface area (TPSA) is 93.9 Å². The van der Waals surface area contributed by atoms with E-state index >= 15 is 0 Å². The molecule has 0 atom stereocenters. The Hall–Kier alpha value is -2.72. The molecule has 0 unspecified atom stereocenters. The number of ether oxygens (including phenoxy) is 1. The molecule has 0 saturated heterocycles. The van der Waals surface area contributed by atoms with Crippen molar-refractivity contribution in [3.8, 4) is 11.5 Å². The van der Waals surface area contributed by atoms with Crippen LogP contribution in [0.3, 0.4) is 0 Å². The van der Waals surface area contributed by atoms with Crippen molar-refractivity contribution in [2.24, 2.45) is 16.5 Å². The number of halogens is 3. The first kappa shape index (κ1) is 23.6. The van der Waals surface area contributed by atoms with Gasteiger partial charge in [0.15, 0.2) is 5.96 Å². The normalized spacial score (nSPS) is 11.4. The van der Waals surface area contributed by atoms with Crippen LogP contribution in [0.4, 0.5) is 13.2 Å². The monoisotopic (exact) mass is 440 g/mol. The number of benzene rings is 2. The molecule has 0 radical (unpaired) electrons. The summed E-state index contributed by atoms with van der Waals surface area (Å²) in [5, 5.41) is 0. The highest BCUT2D eigenvalue weighted by atomic mass is 32.2. The zero-order valence-corrected chi connectivity index (χ0v) is 17.6. The van der Waals surface area contributed by atoms with Crippen molar-refractivity contribution in [1.29, 1.82) is 0 Å². The molecular weight excluding hydrogens is 417 g/mol. The molecule has 0 spiro atoms. The lowest BCUT2D eigenvalue weighted by molar-refractivity contribution is -0.138. The number of guanidine groups is 1. The quantitative estimate of drug-likeness (QED) is 0.386. The number of aliphatic imine (C=N–C) groups is 1. The minimum Gasteiger partial charge on any atom is -0.456 e. The van der Waals surface area contributed by atoms with Crippen LogP contribution in [0.2, 0.25) is 0 Å². The van der Waals surface area contributed by atoms with E-state index < -0.39 is 29.4 Å². The number of hydrogen-bond donors (Lipinski definition) is 2. The van der Waals surface area contributed by atoms with Gasteiger partial charge >= 0.3 is 6.18 Å². The fraction of sp³-hybridized carbons (Fsp3) is 0.300. The number of amides is 1. The molecule has 6 nitrogen and oxygen atoms in total. The number of carbonyl (C=O) groups is 1. The maximum atomic E-state index is 13.5. The fourth-order valence-corrected chi connectivity index (χ4v) is 3.56. The standard InChI is InChI=1S/C20H23F3N4O2S/c1-12-10-14(30-9-8-27(2)3)5-7-16(12)29-17-6-4-13(18(28)26-19(24)25)11-15(17)20(21,22)23/h4-7,10-11H,8-9H2,1-3H3,(H4,24,25,26,28). The highest BCUT2D eigenvalue weighted by molar-refractivity contribution is 7.99. The molecule has 2 rings (SSSR count). The van der Waals surface area contributed by atoms with Crippen LogP contribution in [0.1, 0.15) is 21.5 Å². The Labute approximate surface area is 177 Å². The molecule has 0 saturated carbocycles. The minimum atomic E-state index is -4.74. The highest BCUT2D eigenvalue weighted by Crippen LogP contribution is 2.40. The van der Waals surface area contributed by atoms with Crippen molar-refractivity contribution in [3.05, 3.63) is 53.1 Å². The van der Waals surface area contributed by atoms with E-state index in [-0.39, 0.29) is 5.56 Å². The van der Waals surface area contributed by atoms with Crippen LogP contribution in [0.5, 0.6) is 11.5 Å². The van der Waals surface area contributed by atoms with E-state index in [0.29, 0.717) is 17.4 Å². The average Bonchev–Trinajstić information content (AvgIpc) is 2.62. The lowest BCUT2D eigenvalue weighted by atomic mass is 10.1. The van der Waals surface area contributed by atoms with Crippen molar-refractivity contribution in [2.45, 2.75) is 18.0 Å². The molecule has 0 heterocycles. The summed E-state index contributed by atoms with van der Waals surface area (Å²) in [6, 6.07) is 8.22. The molecule has 0 fully saturated rings. The van der Waals surface area contributed by atoms with Gasteiger partial charge in [0.1, 0.15) is 11.5 Å². The second kappa shape index (κ2) is 9.86. The number of nitrogens with two attached hydrogens (primary N) is 2. The third-order valence-electron chi connectivity index (χ3n) is 3.94. The molecule has 0 aliphatic carbocycles. The molecule has 1 amide bonds.